The van der Waals surface area contributed by atoms with Gasteiger partial charge in [0.25, 0.3) is 0 Å². The van der Waals surface area contributed by atoms with E-state index in [-0.39, 0.29) is 12.2 Å². The summed E-state index contributed by atoms with van der Waals surface area (Å²) in [6.45, 7) is 0. The molecule has 0 atom stereocenters. The highest BCUT2D eigenvalue weighted by Crippen LogP contribution is 2.21. The van der Waals surface area contributed by atoms with Gasteiger partial charge in [-0.2, -0.15) is 5.10 Å². The van der Waals surface area contributed by atoms with Crippen LogP contribution in [-0.2, 0) is 11.2 Å². The summed E-state index contributed by atoms with van der Waals surface area (Å²) in [6, 6.07) is 5.72. The summed E-state index contributed by atoms with van der Waals surface area (Å²) in [4.78, 5) is 10.5. The van der Waals surface area contributed by atoms with Crippen molar-refractivity contribution in [3.63, 3.8) is 0 Å². The van der Waals surface area contributed by atoms with Crippen LogP contribution >= 0.6 is 11.6 Å². The average molecular weight is 269 g/mol. The van der Waals surface area contributed by atoms with E-state index in [2.05, 4.69) is 5.10 Å². The lowest BCUT2D eigenvalue weighted by atomic mass is 10.2. The quantitative estimate of drug-likeness (QED) is 0.927. The maximum Gasteiger partial charge on any atom is 0.303 e. The number of halogens is 2. The van der Waals surface area contributed by atoms with Crippen molar-refractivity contribution in [1.29, 1.82) is 0 Å². The molecule has 2 rings (SSSR count). The molecule has 0 aliphatic rings. The van der Waals surface area contributed by atoms with Crippen LogP contribution in [0.5, 0.6) is 0 Å². The molecule has 2 aromatic rings. The maximum absolute atomic E-state index is 12.8. The van der Waals surface area contributed by atoms with E-state index in [1.54, 1.807) is 12.1 Å². The maximum atomic E-state index is 12.8. The molecule has 0 unspecified atom stereocenters. The Labute approximate surface area is 108 Å². The van der Waals surface area contributed by atoms with Crippen LogP contribution in [0.2, 0.25) is 5.15 Å². The predicted molar refractivity (Wildman–Crippen MR) is 64.5 cm³/mol. The van der Waals surface area contributed by atoms with Gasteiger partial charge in [-0.3, -0.25) is 4.79 Å². The van der Waals surface area contributed by atoms with Crippen molar-refractivity contribution in [2.75, 3.05) is 0 Å². The number of aliphatic carboxylic acids is 1. The van der Waals surface area contributed by atoms with Crippen molar-refractivity contribution in [1.82, 2.24) is 9.78 Å². The standard InChI is InChI=1S/C12H10ClFN2O2/c13-12-8(1-6-11(17)18)7-15-16(12)10-4-2-9(14)3-5-10/h2-5,7H,1,6H2,(H,17,18). The van der Waals surface area contributed by atoms with Gasteiger partial charge < -0.3 is 5.11 Å². The van der Waals surface area contributed by atoms with E-state index in [1.165, 1.54) is 23.0 Å². The van der Waals surface area contributed by atoms with Crippen molar-refractivity contribution in [2.45, 2.75) is 12.8 Å². The van der Waals surface area contributed by atoms with Crippen LogP contribution < -0.4 is 0 Å². The van der Waals surface area contributed by atoms with E-state index in [0.717, 1.165) is 0 Å². The number of aromatic nitrogens is 2. The van der Waals surface area contributed by atoms with Gasteiger partial charge in [0.2, 0.25) is 0 Å². The van der Waals surface area contributed by atoms with Gasteiger partial charge in [-0.1, -0.05) is 11.6 Å². The Morgan fingerprint density at radius 3 is 2.67 bits per heavy atom. The van der Waals surface area contributed by atoms with E-state index in [1.807, 2.05) is 0 Å². The van der Waals surface area contributed by atoms with Crippen molar-refractivity contribution in [3.8, 4) is 5.69 Å². The summed E-state index contributed by atoms with van der Waals surface area (Å²) in [6.07, 6.45) is 1.83. The molecule has 0 radical (unpaired) electrons. The molecule has 0 spiro atoms. The van der Waals surface area contributed by atoms with Crippen LogP contribution in [0, 0.1) is 5.82 Å². The highest BCUT2D eigenvalue weighted by atomic mass is 35.5. The largest absolute Gasteiger partial charge is 0.481 e. The van der Waals surface area contributed by atoms with Gasteiger partial charge >= 0.3 is 5.97 Å². The molecule has 18 heavy (non-hydrogen) atoms. The second-order valence-corrected chi connectivity index (χ2v) is 4.10. The van der Waals surface area contributed by atoms with Crippen molar-refractivity contribution in [2.24, 2.45) is 0 Å². The number of benzene rings is 1. The fourth-order valence-corrected chi connectivity index (χ4v) is 1.82. The summed E-state index contributed by atoms with van der Waals surface area (Å²) in [7, 11) is 0. The molecule has 0 aliphatic carbocycles. The van der Waals surface area contributed by atoms with Crippen LogP contribution in [0.15, 0.2) is 30.5 Å². The summed E-state index contributed by atoms with van der Waals surface area (Å²) < 4.78 is 14.2. The first kappa shape index (κ1) is 12.6. The smallest absolute Gasteiger partial charge is 0.303 e. The normalized spacial score (nSPS) is 10.6. The second-order valence-electron chi connectivity index (χ2n) is 3.74. The third kappa shape index (κ3) is 2.68. The number of carboxylic acids is 1. The molecule has 1 N–H and O–H groups in total. The van der Waals surface area contributed by atoms with Gasteiger partial charge in [0.1, 0.15) is 11.0 Å². The van der Waals surface area contributed by atoms with Crippen molar-refractivity contribution in [3.05, 3.63) is 47.0 Å². The zero-order valence-electron chi connectivity index (χ0n) is 9.31. The third-order valence-electron chi connectivity index (χ3n) is 2.46. The van der Waals surface area contributed by atoms with Gasteiger partial charge in [0.05, 0.1) is 11.9 Å². The monoisotopic (exact) mass is 268 g/mol. The Hall–Kier alpha value is -1.88. The number of carboxylic acid groups (broad SMARTS) is 1. The summed E-state index contributed by atoms with van der Waals surface area (Å²) >= 11 is 6.10. The zero-order valence-corrected chi connectivity index (χ0v) is 10.1. The molecular formula is C12H10ClFN2O2. The number of carbonyl (C=O) groups is 1. The molecule has 0 saturated heterocycles. The molecule has 6 heteroatoms. The summed E-state index contributed by atoms with van der Waals surface area (Å²) in [5.74, 6) is -1.23. The zero-order chi connectivity index (χ0) is 13.1. The van der Waals surface area contributed by atoms with E-state index in [0.29, 0.717) is 22.8 Å². The molecule has 0 aliphatic heterocycles. The fourth-order valence-electron chi connectivity index (χ4n) is 1.54. The van der Waals surface area contributed by atoms with Crippen molar-refractivity contribution < 1.29 is 14.3 Å². The Bertz CT molecular complexity index is 566. The van der Waals surface area contributed by atoms with Crippen LogP contribution in [0.25, 0.3) is 5.69 Å². The number of rotatable bonds is 4. The van der Waals surface area contributed by atoms with Crippen LogP contribution in [-0.4, -0.2) is 20.9 Å². The first-order chi connectivity index (χ1) is 8.58. The number of nitrogens with zero attached hydrogens (tertiary/aromatic N) is 2. The molecule has 4 nitrogen and oxygen atoms in total. The Balaban J connectivity index is 2.25. The highest BCUT2D eigenvalue weighted by molar-refractivity contribution is 6.30. The fraction of sp³-hybridized carbons (Fsp3) is 0.167. The minimum atomic E-state index is -0.888. The number of hydrogen-bond acceptors (Lipinski definition) is 2. The molecule has 1 aromatic heterocycles. The first-order valence-corrected chi connectivity index (χ1v) is 5.66. The Morgan fingerprint density at radius 2 is 2.06 bits per heavy atom. The van der Waals surface area contributed by atoms with Crippen LogP contribution in [0.1, 0.15) is 12.0 Å². The Kier molecular flexibility index (Phi) is 3.62. The summed E-state index contributed by atoms with van der Waals surface area (Å²) in [5.41, 5.74) is 1.28. The lowest BCUT2D eigenvalue weighted by Gasteiger charge is -2.03. The van der Waals surface area contributed by atoms with Gasteiger partial charge in [-0.05, 0) is 30.7 Å². The minimum Gasteiger partial charge on any atom is -0.481 e. The number of hydrogen-bond donors (Lipinski definition) is 1. The molecule has 1 heterocycles. The summed E-state index contributed by atoms with van der Waals surface area (Å²) in [5, 5.41) is 13.0. The van der Waals surface area contributed by atoms with Gasteiger partial charge in [0, 0.05) is 12.0 Å². The minimum absolute atomic E-state index is 0.00513. The molecule has 0 saturated carbocycles. The SMILES string of the molecule is O=C(O)CCc1cnn(-c2ccc(F)cc2)c1Cl. The Morgan fingerprint density at radius 1 is 1.39 bits per heavy atom. The lowest BCUT2D eigenvalue weighted by molar-refractivity contribution is -0.136. The topological polar surface area (TPSA) is 55.1 Å². The average Bonchev–Trinajstić information content (AvgIpc) is 2.69. The molecule has 0 bridgehead atoms. The first-order valence-electron chi connectivity index (χ1n) is 5.28. The van der Waals surface area contributed by atoms with Crippen LogP contribution in [0.3, 0.4) is 0 Å². The van der Waals surface area contributed by atoms with Crippen LogP contribution in [0.4, 0.5) is 4.39 Å². The molecule has 1 aromatic carbocycles. The van der Waals surface area contributed by atoms with Crippen molar-refractivity contribution >= 4 is 17.6 Å². The van der Waals surface area contributed by atoms with E-state index >= 15 is 0 Å². The van der Waals surface area contributed by atoms with E-state index in [9.17, 15) is 9.18 Å². The molecule has 0 fully saturated rings. The van der Waals surface area contributed by atoms with Gasteiger partial charge in [-0.25, -0.2) is 9.07 Å². The molecule has 0 amide bonds. The van der Waals surface area contributed by atoms with Gasteiger partial charge in [-0.15, -0.1) is 0 Å². The number of aryl methyl sites for hydroxylation is 1. The highest BCUT2D eigenvalue weighted by Gasteiger charge is 2.11. The van der Waals surface area contributed by atoms with Gasteiger partial charge in [0.15, 0.2) is 0 Å². The van der Waals surface area contributed by atoms with E-state index < -0.39 is 5.97 Å². The second kappa shape index (κ2) is 5.18. The molecular weight excluding hydrogens is 259 g/mol. The predicted octanol–water partition coefficient (Wildman–Crippen LogP) is 2.68. The lowest BCUT2D eigenvalue weighted by Crippen LogP contribution is -1.99. The van der Waals surface area contributed by atoms with E-state index in [4.69, 9.17) is 16.7 Å². The molecule has 94 valence electrons. The third-order valence-corrected chi connectivity index (χ3v) is 2.86.